The van der Waals surface area contributed by atoms with Crippen molar-refractivity contribution in [3.05, 3.63) is 11.6 Å². The average Bonchev–Trinajstić information content (AvgIpc) is 3.47. The second-order valence-electron chi connectivity index (χ2n) is 8.36. The molecule has 9 heteroatoms. The van der Waals surface area contributed by atoms with Crippen LogP contribution in [0.5, 0.6) is 0 Å². The molecule has 4 rings (SSSR count). The number of hydrogen-bond acceptors (Lipinski definition) is 7. The van der Waals surface area contributed by atoms with Crippen LogP contribution in [0.4, 0.5) is 0 Å². The van der Waals surface area contributed by atoms with Crippen LogP contribution in [0.25, 0.3) is 0 Å². The van der Waals surface area contributed by atoms with Crippen LogP contribution in [0.3, 0.4) is 0 Å². The molecule has 3 fully saturated rings. The fraction of sp³-hybridized carbons (Fsp3) is 0.789. The molecule has 1 saturated carbocycles. The summed E-state index contributed by atoms with van der Waals surface area (Å²) in [6, 6.07) is 0. The Hall–Kier alpha value is -0.480. The Morgan fingerprint density at radius 1 is 1.32 bits per heavy atom. The van der Waals surface area contributed by atoms with Gasteiger partial charge < -0.3 is 24.1 Å². The van der Waals surface area contributed by atoms with E-state index < -0.39 is 40.7 Å². The summed E-state index contributed by atoms with van der Waals surface area (Å²) < 4.78 is 23.6. The minimum atomic E-state index is -1.02. The van der Waals surface area contributed by atoms with E-state index in [1.54, 1.807) is 0 Å². The Labute approximate surface area is 180 Å². The van der Waals surface area contributed by atoms with Crippen LogP contribution in [0.15, 0.2) is 11.6 Å². The molecule has 2 unspecified atom stereocenters. The lowest BCUT2D eigenvalue weighted by atomic mass is 9.51. The van der Waals surface area contributed by atoms with Gasteiger partial charge in [-0.15, -0.1) is 0 Å². The summed E-state index contributed by atoms with van der Waals surface area (Å²) >= 11 is 6.25. The van der Waals surface area contributed by atoms with Gasteiger partial charge in [0.2, 0.25) is 0 Å². The number of rotatable bonds is 5. The zero-order valence-electron chi connectivity index (χ0n) is 15.8. The number of alkyl halides is 2. The number of hydrogen-bond donors (Lipinski definition) is 1. The SMILES string of the molecule is CC1=C[C@H]2OC3[C@H](O)[C@@H](OC(=O)CBr)[C@@](C)(C34CO4)[C@@]2(COC(=O)CBr)CC1. The van der Waals surface area contributed by atoms with Gasteiger partial charge in [-0.3, -0.25) is 9.59 Å². The molecule has 7 nitrogen and oxygen atoms in total. The summed E-state index contributed by atoms with van der Waals surface area (Å²) in [6.07, 6.45) is 0.737. The van der Waals surface area contributed by atoms with Gasteiger partial charge in [0, 0.05) is 5.41 Å². The van der Waals surface area contributed by atoms with Crippen LogP contribution >= 0.6 is 31.9 Å². The first-order valence-corrected chi connectivity index (χ1v) is 11.6. The van der Waals surface area contributed by atoms with Crippen LogP contribution in [0.2, 0.25) is 0 Å². The van der Waals surface area contributed by atoms with Gasteiger partial charge in [-0.05, 0) is 19.8 Å². The van der Waals surface area contributed by atoms with E-state index in [2.05, 4.69) is 31.9 Å². The first-order valence-electron chi connectivity index (χ1n) is 9.37. The molecule has 0 radical (unpaired) electrons. The largest absolute Gasteiger partial charge is 0.464 e. The van der Waals surface area contributed by atoms with E-state index in [0.717, 1.165) is 6.42 Å². The number of ether oxygens (including phenoxy) is 4. The van der Waals surface area contributed by atoms with Gasteiger partial charge in [-0.2, -0.15) is 0 Å². The fourth-order valence-electron chi connectivity index (χ4n) is 5.61. The molecule has 2 aliphatic carbocycles. The predicted molar refractivity (Wildman–Crippen MR) is 105 cm³/mol. The zero-order valence-corrected chi connectivity index (χ0v) is 19.0. The van der Waals surface area contributed by atoms with E-state index in [-0.39, 0.29) is 29.3 Å². The first-order chi connectivity index (χ1) is 13.3. The van der Waals surface area contributed by atoms with Crippen molar-refractivity contribution in [1.82, 2.24) is 0 Å². The van der Waals surface area contributed by atoms with Crippen molar-refractivity contribution in [2.75, 3.05) is 23.9 Å². The number of halogens is 2. The van der Waals surface area contributed by atoms with E-state index in [9.17, 15) is 14.7 Å². The predicted octanol–water partition coefficient (Wildman–Crippen LogP) is 1.87. The third kappa shape index (κ3) is 2.62. The van der Waals surface area contributed by atoms with E-state index in [4.69, 9.17) is 18.9 Å². The van der Waals surface area contributed by atoms with E-state index >= 15 is 0 Å². The average molecular weight is 524 g/mol. The van der Waals surface area contributed by atoms with Gasteiger partial charge in [-0.25, -0.2) is 0 Å². The molecule has 0 aromatic rings. The lowest BCUT2D eigenvalue weighted by Gasteiger charge is -2.58. The van der Waals surface area contributed by atoms with Gasteiger partial charge in [0.25, 0.3) is 0 Å². The summed E-state index contributed by atoms with van der Waals surface area (Å²) in [5, 5.41) is 11.2. The first kappa shape index (κ1) is 20.8. The Morgan fingerprint density at radius 2 is 2.00 bits per heavy atom. The number of carbonyl (C=O) groups is 2. The molecule has 156 valence electrons. The molecule has 28 heavy (non-hydrogen) atoms. The highest BCUT2D eigenvalue weighted by atomic mass is 79.9. The van der Waals surface area contributed by atoms with Gasteiger partial charge in [0.1, 0.15) is 41.2 Å². The molecule has 1 N–H and O–H groups in total. The van der Waals surface area contributed by atoms with E-state index in [0.29, 0.717) is 13.0 Å². The maximum atomic E-state index is 12.1. The van der Waals surface area contributed by atoms with Gasteiger partial charge >= 0.3 is 11.9 Å². The topological polar surface area (TPSA) is 94.6 Å². The highest BCUT2D eigenvalue weighted by molar-refractivity contribution is 9.09. The molecular formula is C19H24Br2O7. The van der Waals surface area contributed by atoms with Crippen molar-refractivity contribution in [3.8, 4) is 0 Å². The van der Waals surface area contributed by atoms with Crippen LogP contribution in [-0.2, 0) is 28.5 Å². The number of aliphatic hydroxyl groups excluding tert-OH is 1. The number of aliphatic hydroxyl groups is 1. The lowest BCUT2D eigenvalue weighted by Crippen LogP contribution is -2.66. The maximum Gasteiger partial charge on any atom is 0.316 e. The highest BCUT2D eigenvalue weighted by Gasteiger charge is 2.85. The molecular weight excluding hydrogens is 500 g/mol. The lowest BCUT2D eigenvalue weighted by molar-refractivity contribution is -0.233. The molecule has 4 aliphatic rings. The molecule has 0 amide bonds. The monoisotopic (exact) mass is 522 g/mol. The zero-order chi connectivity index (χ0) is 20.3. The van der Waals surface area contributed by atoms with Crippen molar-refractivity contribution in [1.29, 1.82) is 0 Å². The van der Waals surface area contributed by atoms with Crippen molar-refractivity contribution in [2.24, 2.45) is 10.8 Å². The third-order valence-electron chi connectivity index (χ3n) is 7.22. The van der Waals surface area contributed by atoms with E-state index in [1.165, 1.54) is 5.57 Å². The Balaban J connectivity index is 1.81. The van der Waals surface area contributed by atoms with Crippen LogP contribution in [-0.4, -0.2) is 70.9 Å². The fourth-order valence-corrected chi connectivity index (χ4v) is 5.90. The van der Waals surface area contributed by atoms with Crippen LogP contribution in [0, 0.1) is 10.8 Å². The van der Waals surface area contributed by atoms with Gasteiger partial charge in [0.15, 0.2) is 0 Å². The molecule has 2 aliphatic heterocycles. The number of epoxide rings is 1. The Kier molecular flexibility index (Phi) is 5.23. The normalized spacial score (nSPS) is 46.0. The summed E-state index contributed by atoms with van der Waals surface area (Å²) in [4.78, 5) is 24.1. The maximum absolute atomic E-state index is 12.1. The van der Waals surface area contributed by atoms with Crippen LogP contribution in [0.1, 0.15) is 26.7 Å². The number of esters is 2. The second kappa shape index (κ2) is 7.04. The summed E-state index contributed by atoms with van der Waals surface area (Å²) in [7, 11) is 0. The standard InChI is InChI=1S/C19H24Br2O7/c1-10-3-4-18(8-25-12(22)6-20)11(5-10)27-16-14(24)15(28-13(23)7-21)17(18,2)19(16)9-26-19/h5,11,14-16,24H,3-4,6-9H2,1-2H3/t11-,14-,15-,16?,17-,18-,19?/m1/s1. The second-order valence-corrected chi connectivity index (χ2v) is 9.48. The molecule has 0 aromatic heterocycles. The van der Waals surface area contributed by atoms with Crippen molar-refractivity contribution in [3.63, 3.8) is 0 Å². The van der Waals surface area contributed by atoms with Gasteiger partial charge in [0.05, 0.1) is 18.1 Å². The summed E-state index contributed by atoms with van der Waals surface area (Å²) in [5.74, 6) is -0.830. The quantitative estimate of drug-likeness (QED) is 0.254. The van der Waals surface area contributed by atoms with Crippen molar-refractivity contribution >= 4 is 43.8 Å². The van der Waals surface area contributed by atoms with Crippen LogP contribution < -0.4 is 0 Å². The molecule has 2 saturated heterocycles. The summed E-state index contributed by atoms with van der Waals surface area (Å²) in [6.45, 7) is 4.55. The smallest absolute Gasteiger partial charge is 0.316 e. The highest BCUT2D eigenvalue weighted by Crippen LogP contribution is 2.72. The number of fused-ring (bicyclic) bond motifs is 2. The molecule has 0 aromatic carbocycles. The number of allylic oxidation sites excluding steroid dienone is 1. The third-order valence-corrected chi connectivity index (χ3v) is 8.14. The minimum absolute atomic E-state index is 0.0275. The van der Waals surface area contributed by atoms with Gasteiger partial charge in [-0.1, -0.05) is 50.4 Å². The molecule has 2 bridgehead atoms. The van der Waals surface area contributed by atoms with Crippen molar-refractivity contribution in [2.45, 2.75) is 56.7 Å². The Bertz CT molecular complexity index is 721. The molecule has 7 atom stereocenters. The number of carbonyl (C=O) groups excluding carboxylic acids is 2. The summed E-state index contributed by atoms with van der Waals surface area (Å²) in [5.41, 5.74) is -1.01. The molecule has 2 heterocycles. The minimum Gasteiger partial charge on any atom is -0.464 e. The van der Waals surface area contributed by atoms with Crippen molar-refractivity contribution < 1.29 is 33.6 Å². The van der Waals surface area contributed by atoms with E-state index in [1.807, 2.05) is 19.9 Å². The Morgan fingerprint density at radius 3 is 2.61 bits per heavy atom. The molecule has 1 spiro atoms.